The van der Waals surface area contributed by atoms with Crippen LogP contribution in [0.25, 0.3) is 0 Å². The van der Waals surface area contributed by atoms with Crippen LogP contribution in [-0.2, 0) is 17.7 Å². The van der Waals surface area contributed by atoms with Gasteiger partial charge in [0.2, 0.25) is 0 Å². The van der Waals surface area contributed by atoms with E-state index in [-0.39, 0.29) is 6.09 Å². The summed E-state index contributed by atoms with van der Waals surface area (Å²) in [7, 11) is 0. The van der Waals surface area contributed by atoms with Crippen LogP contribution in [0.5, 0.6) is 0 Å². The zero-order valence-corrected chi connectivity index (χ0v) is 15.0. The number of hydrogen-bond donors (Lipinski definition) is 2. The molecule has 0 spiro atoms. The van der Waals surface area contributed by atoms with Crippen molar-refractivity contribution in [2.45, 2.75) is 58.2 Å². The van der Waals surface area contributed by atoms with Gasteiger partial charge in [0.15, 0.2) is 0 Å². The van der Waals surface area contributed by atoms with Gasteiger partial charge >= 0.3 is 6.09 Å². The zero-order chi connectivity index (χ0) is 17.2. The molecular weight excluding hydrogens is 302 g/mol. The molecule has 2 aliphatic rings. The molecule has 3 rings (SSSR count). The number of fused-ring (bicyclic) bond motifs is 1. The van der Waals surface area contributed by atoms with E-state index in [4.69, 9.17) is 4.74 Å². The molecule has 1 aromatic rings. The number of carbonyl (C=O) groups excluding carboxylic acids is 1. The Hall–Kier alpha value is -1.75. The van der Waals surface area contributed by atoms with Crippen molar-refractivity contribution in [1.29, 1.82) is 0 Å². The van der Waals surface area contributed by atoms with Gasteiger partial charge in [0.1, 0.15) is 5.60 Å². The molecule has 1 atom stereocenters. The summed E-state index contributed by atoms with van der Waals surface area (Å²) in [6.45, 7) is 9.11. The lowest BCUT2D eigenvalue weighted by molar-refractivity contribution is 0.0224. The first kappa shape index (κ1) is 17.1. The average molecular weight is 331 g/mol. The number of benzene rings is 1. The molecule has 2 N–H and O–H groups in total. The summed E-state index contributed by atoms with van der Waals surface area (Å²) in [5.74, 6) is 0. The fourth-order valence-electron chi connectivity index (χ4n) is 3.39. The number of anilines is 1. The van der Waals surface area contributed by atoms with Crippen LogP contribution in [0.4, 0.5) is 10.5 Å². The third kappa shape index (κ3) is 4.20. The van der Waals surface area contributed by atoms with Gasteiger partial charge in [-0.3, -0.25) is 0 Å². The van der Waals surface area contributed by atoms with Crippen LogP contribution in [0.15, 0.2) is 18.2 Å². The molecule has 1 amide bonds. The monoisotopic (exact) mass is 331 g/mol. The summed E-state index contributed by atoms with van der Waals surface area (Å²) in [6.07, 6.45) is 3.14. The van der Waals surface area contributed by atoms with Crippen LogP contribution in [-0.4, -0.2) is 42.3 Å². The Morgan fingerprint density at radius 1 is 1.42 bits per heavy atom. The summed E-state index contributed by atoms with van der Waals surface area (Å²) in [5.41, 5.74) is 3.25. The number of nitrogens with one attached hydrogen (secondary N) is 2. The highest BCUT2D eigenvalue weighted by molar-refractivity contribution is 5.69. The van der Waals surface area contributed by atoms with Crippen molar-refractivity contribution in [1.82, 2.24) is 10.2 Å². The molecular formula is C19H29N3O2. The molecule has 5 nitrogen and oxygen atoms in total. The van der Waals surface area contributed by atoms with E-state index in [9.17, 15) is 4.79 Å². The smallest absolute Gasteiger partial charge is 0.410 e. The predicted octanol–water partition coefficient (Wildman–Crippen LogP) is 3.14. The van der Waals surface area contributed by atoms with Gasteiger partial charge in [0, 0.05) is 24.8 Å². The van der Waals surface area contributed by atoms with Gasteiger partial charge < -0.3 is 20.3 Å². The zero-order valence-electron chi connectivity index (χ0n) is 15.0. The Kier molecular flexibility index (Phi) is 4.99. The molecule has 1 aromatic carbocycles. The van der Waals surface area contributed by atoms with E-state index in [2.05, 4.69) is 28.8 Å². The standard InChI is InChI=1S/C19H29N3O2/c1-19(2,3)24-18(23)22-11-9-14-6-4-8-17(16(14)13-22)21-12-15-7-5-10-20-15/h4,6,8,15,20-21H,5,7,9-13H2,1-3H3. The van der Waals surface area contributed by atoms with Gasteiger partial charge in [-0.25, -0.2) is 4.79 Å². The summed E-state index contributed by atoms with van der Waals surface area (Å²) < 4.78 is 5.53. The largest absolute Gasteiger partial charge is 0.444 e. The molecule has 5 heteroatoms. The summed E-state index contributed by atoms with van der Waals surface area (Å²) >= 11 is 0. The number of amides is 1. The Labute approximate surface area is 144 Å². The summed E-state index contributed by atoms with van der Waals surface area (Å²) in [6, 6.07) is 6.94. The molecule has 1 unspecified atom stereocenters. The van der Waals surface area contributed by atoms with Gasteiger partial charge in [-0.1, -0.05) is 12.1 Å². The number of ether oxygens (including phenoxy) is 1. The third-order valence-corrected chi connectivity index (χ3v) is 4.63. The minimum absolute atomic E-state index is 0.222. The van der Waals surface area contributed by atoms with Crippen molar-refractivity contribution in [3.05, 3.63) is 29.3 Å². The van der Waals surface area contributed by atoms with Crippen LogP contribution >= 0.6 is 0 Å². The molecule has 0 saturated carbocycles. The van der Waals surface area contributed by atoms with Crippen LogP contribution in [0.1, 0.15) is 44.7 Å². The fourth-order valence-corrected chi connectivity index (χ4v) is 3.39. The van der Waals surface area contributed by atoms with Crippen molar-refractivity contribution < 1.29 is 9.53 Å². The average Bonchev–Trinajstić information content (AvgIpc) is 3.04. The molecule has 0 bridgehead atoms. The minimum atomic E-state index is -0.455. The lowest BCUT2D eigenvalue weighted by atomic mass is 9.98. The summed E-state index contributed by atoms with van der Waals surface area (Å²) in [5, 5.41) is 7.09. The first-order valence-electron chi connectivity index (χ1n) is 8.98. The fraction of sp³-hybridized carbons (Fsp3) is 0.632. The summed E-state index contributed by atoms with van der Waals surface area (Å²) in [4.78, 5) is 14.2. The van der Waals surface area contributed by atoms with Gasteiger partial charge in [0.25, 0.3) is 0 Å². The van der Waals surface area contributed by atoms with E-state index in [1.54, 1.807) is 0 Å². The highest BCUT2D eigenvalue weighted by atomic mass is 16.6. The van der Waals surface area contributed by atoms with E-state index in [0.717, 1.165) is 31.7 Å². The van der Waals surface area contributed by atoms with Crippen molar-refractivity contribution >= 4 is 11.8 Å². The second kappa shape index (κ2) is 7.01. The Morgan fingerprint density at radius 2 is 2.25 bits per heavy atom. The Morgan fingerprint density at radius 3 is 2.96 bits per heavy atom. The van der Waals surface area contributed by atoms with Crippen LogP contribution in [0.2, 0.25) is 0 Å². The van der Waals surface area contributed by atoms with E-state index >= 15 is 0 Å². The Balaban J connectivity index is 1.68. The first-order valence-corrected chi connectivity index (χ1v) is 8.98. The maximum atomic E-state index is 12.4. The maximum Gasteiger partial charge on any atom is 0.410 e. The number of rotatable bonds is 3. The van der Waals surface area contributed by atoms with Crippen molar-refractivity contribution in [3.63, 3.8) is 0 Å². The van der Waals surface area contributed by atoms with Gasteiger partial charge in [0.05, 0.1) is 6.54 Å². The molecule has 132 valence electrons. The molecule has 1 saturated heterocycles. The minimum Gasteiger partial charge on any atom is -0.444 e. The van der Waals surface area contributed by atoms with E-state index in [1.807, 2.05) is 25.7 Å². The lowest BCUT2D eigenvalue weighted by Gasteiger charge is -2.32. The SMILES string of the molecule is CC(C)(C)OC(=O)N1CCc2cccc(NCC3CCCN3)c2C1. The number of carbonyl (C=O) groups is 1. The molecule has 24 heavy (non-hydrogen) atoms. The second-order valence-corrected chi connectivity index (χ2v) is 7.77. The number of hydrogen-bond acceptors (Lipinski definition) is 4. The Bertz CT molecular complexity index is 589. The van der Waals surface area contributed by atoms with E-state index in [0.29, 0.717) is 12.6 Å². The third-order valence-electron chi connectivity index (χ3n) is 4.63. The van der Waals surface area contributed by atoms with Gasteiger partial charge in [-0.15, -0.1) is 0 Å². The maximum absolute atomic E-state index is 12.4. The quantitative estimate of drug-likeness (QED) is 0.893. The number of nitrogens with zero attached hydrogens (tertiary/aromatic N) is 1. The van der Waals surface area contributed by atoms with Crippen LogP contribution in [0, 0.1) is 0 Å². The van der Waals surface area contributed by atoms with Crippen LogP contribution < -0.4 is 10.6 Å². The van der Waals surface area contributed by atoms with Crippen molar-refractivity contribution in [2.24, 2.45) is 0 Å². The first-order chi connectivity index (χ1) is 11.4. The molecule has 0 aromatic heterocycles. The lowest BCUT2D eigenvalue weighted by Crippen LogP contribution is -2.40. The van der Waals surface area contributed by atoms with Crippen molar-refractivity contribution in [2.75, 3.05) is 25.0 Å². The molecule has 2 heterocycles. The second-order valence-electron chi connectivity index (χ2n) is 7.77. The topological polar surface area (TPSA) is 53.6 Å². The van der Waals surface area contributed by atoms with Gasteiger partial charge in [-0.2, -0.15) is 0 Å². The highest BCUT2D eigenvalue weighted by Crippen LogP contribution is 2.27. The predicted molar refractivity (Wildman–Crippen MR) is 96.3 cm³/mol. The van der Waals surface area contributed by atoms with Crippen LogP contribution in [0.3, 0.4) is 0 Å². The molecule has 1 fully saturated rings. The van der Waals surface area contributed by atoms with E-state index < -0.39 is 5.60 Å². The normalized spacial score (nSPS) is 20.6. The van der Waals surface area contributed by atoms with Gasteiger partial charge in [-0.05, 0) is 63.8 Å². The van der Waals surface area contributed by atoms with Crippen molar-refractivity contribution in [3.8, 4) is 0 Å². The molecule has 2 aliphatic heterocycles. The molecule has 0 aliphatic carbocycles. The highest BCUT2D eigenvalue weighted by Gasteiger charge is 2.27. The molecule has 0 radical (unpaired) electrons. The van der Waals surface area contributed by atoms with E-state index in [1.165, 1.54) is 24.0 Å².